The third kappa shape index (κ3) is 2.15. The molecule has 0 aliphatic rings. The van der Waals surface area contributed by atoms with E-state index in [4.69, 9.17) is 16.3 Å². The summed E-state index contributed by atoms with van der Waals surface area (Å²) >= 11 is 5.78. The minimum absolute atomic E-state index is 0.0880. The first kappa shape index (κ1) is 11.2. The van der Waals surface area contributed by atoms with E-state index in [2.05, 4.69) is 0 Å². The monoisotopic (exact) mass is 220 g/mol. The van der Waals surface area contributed by atoms with E-state index in [-0.39, 0.29) is 11.3 Å². The van der Waals surface area contributed by atoms with Gasteiger partial charge in [0.15, 0.2) is 0 Å². The van der Waals surface area contributed by atoms with Gasteiger partial charge in [0, 0.05) is 17.7 Å². The van der Waals surface area contributed by atoms with Crippen molar-refractivity contribution in [3.63, 3.8) is 0 Å². The maximum atomic E-state index is 13.3. The Balaban J connectivity index is 3.18. The highest BCUT2D eigenvalue weighted by atomic mass is 35.5. The molecule has 0 radical (unpaired) electrons. The fourth-order valence-corrected chi connectivity index (χ4v) is 1.39. The molecule has 0 bridgehead atoms. The summed E-state index contributed by atoms with van der Waals surface area (Å²) in [6, 6.07) is 2.26. The average Bonchev–Trinajstić information content (AvgIpc) is 2.16. The lowest BCUT2D eigenvalue weighted by Crippen LogP contribution is -1.99. The molecule has 0 aromatic heterocycles. The van der Waals surface area contributed by atoms with Crippen molar-refractivity contribution in [2.24, 2.45) is 0 Å². The van der Waals surface area contributed by atoms with Crippen LogP contribution in [0.3, 0.4) is 0 Å². The van der Waals surface area contributed by atoms with Crippen molar-refractivity contribution in [3.8, 4) is 5.75 Å². The molecule has 1 atom stereocenters. The van der Waals surface area contributed by atoms with E-state index in [1.54, 1.807) is 6.92 Å². The SMILES string of the molecule is CCC(Cl)c1c(F)cc(OC)cc1F. The van der Waals surface area contributed by atoms with Crippen LogP contribution >= 0.6 is 11.6 Å². The highest BCUT2D eigenvalue weighted by Gasteiger charge is 2.17. The first-order valence-corrected chi connectivity index (χ1v) is 4.70. The molecule has 0 heterocycles. The van der Waals surface area contributed by atoms with E-state index < -0.39 is 17.0 Å². The fourth-order valence-electron chi connectivity index (χ4n) is 1.18. The molecule has 0 amide bonds. The molecule has 0 aliphatic carbocycles. The Hall–Kier alpha value is -0.830. The van der Waals surface area contributed by atoms with Crippen molar-refractivity contribution in [1.82, 2.24) is 0 Å². The van der Waals surface area contributed by atoms with Crippen LogP contribution in [0.25, 0.3) is 0 Å². The Morgan fingerprint density at radius 1 is 1.36 bits per heavy atom. The molecule has 1 unspecified atom stereocenters. The summed E-state index contributed by atoms with van der Waals surface area (Å²) in [7, 11) is 1.35. The summed E-state index contributed by atoms with van der Waals surface area (Å²) in [5, 5.41) is -0.638. The molecule has 0 aliphatic heterocycles. The number of hydrogen-bond donors (Lipinski definition) is 0. The van der Waals surface area contributed by atoms with Crippen molar-refractivity contribution >= 4 is 11.6 Å². The summed E-state index contributed by atoms with van der Waals surface area (Å²) in [4.78, 5) is 0. The normalized spacial score (nSPS) is 12.6. The molecule has 4 heteroatoms. The largest absolute Gasteiger partial charge is 0.497 e. The van der Waals surface area contributed by atoms with E-state index >= 15 is 0 Å². The van der Waals surface area contributed by atoms with Crippen LogP contribution in [0.1, 0.15) is 24.3 Å². The quantitative estimate of drug-likeness (QED) is 0.707. The molecule has 1 aromatic carbocycles. The summed E-state index contributed by atoms with van der Waals surface area (Å²) in [6.07, 6.45) is 0.474. The summed E-state index contributed by atoms with van der Waals surface area (Å²) in [5.41, 5.74) is -0.0880. The zero-order valence-electron chi connectivity index (χ0n) is 7.98. The second-order valence-electron chi connectivity index (χ2n) is 2.88. The number of hydrogen-bond acceptors (Lipinski definition) is 1. The van der Waals surface area contributed by atoms with Gasteiger partial charge in [-0.05, 0) is 6.42 Å². The van der Waals surface area contributed by atoms with Gasteiger partial charge < -0.3 is 4.74 Å². The highest BCUT2D eigenvalue weighted by molar-refractivity contribution is 6.20. The van der Waals surface area contributed by atoms with Gasteiger partial charge in [-0.1, -0.05) is 6.92 Å². The van der Waals surface area contributed by atoms with Crippen molar-refractivity contribution in [1.29, 1.82) is 0 Å². The van der Waals surface area contributed by atoms with E-state index in [0.29, 0.717) is 6.42 Å². The lowest BCUT2D eigenvalue weighted by molar-refractivity contribution is 0.405. The van der Waals surface area contributed by atoms with Gasteiger partial charge in [-0.15, -0.1) is 11.6 Å². The molecular weight excluding hydrogens is 210 g/mol. The second-order valence-corrected chi connectivity index (χ2v) is 3.41. The molecule has 0 N–H and O–H groups in total. The lowest BCUT2D eigenvalue weighted by atomic mass is 10.1. The fraction of sp³-hybridized carbons (Fsp3) is 0.400. The third-order valence-electron chi connectivity index (χ3n) is 1.96. The molecule has 0 saturated carbocycles. The highest BCUT2D eigenvalue weighted by Crippen LogP contribution is 2.31. The molecule has 78 valence electrons. The second kappa shape index (κ2) is 4.60. The van der Waals surface area contributed by atoms with Gasteiger partial charge in [0.1, 0.15) is 17.4 Å². The van der Waals surface area contributed by atoms with E-state index in [1.165, 1.54) is 7.11 Å². The van der Waals surface area contributed by atoms with Crippen LogP contribution in [0.4, 0.5) is 8.78 Å². The Labute approximate surface area is 86.6 Å². The van der Waals surface area contributed by atoms with Crippen molar-refractivity contribution in [3.05, 3.63) is 29.3 Å². The lowest BCUT2D eigenvalue weighted by Gasteiger charge is -2.10. The van der Waals surface area contributed by atoms with Crippen molar-refractivity contribution in [2.75, 3.05) is 7.11 Å². The number of rotatable bonds is 3. The third-order valence-corrected chi connectivity index (χ3v) is 2.49. The van der Waals surface area contributed by atoms with Gasteiger partial charge in [-0.25, -0.2) is 8.78 Å². The van der Waals surface area contributed by atoms with Crippen LogP contribution in [0.15, 0.2) is 12.1 Å². The predicted molar refractivity (Wildman–Crippen MR) is 51.8 cm³/mol. The number of benzene rings is 1. The molecule has 0 fully saturated rings. The Kier molecular flexibility index (Phi) is 3.69. The minimum atomic E-state index is -0.663. The first-order chi connectivity index (χ1) is 6.60. The van der Waals surface area contributed by atoms with E-state index in [9.17, 15) is 8.78 Å². The molecule has 1 nitrogen and oxygen atoms in total. The number of methoxy groups -OCH3 is 1. The Morgan fingerprint density at radius 3 is 2.21 bits per heavy atom. The molecule has 0 saturated heterocycles. The maximum Gasteiger partial charge on any atom is 0.134 e. The van der Waals surface area contributed by atoms with Gasteiger partial charge in [0.05, 0.1) is 12.5 Å². The standard InChI is InChI=1S/C10H11ClF2O/c1-3-7(11)10-8(12)4-6(14-2)5-9(10)13/h4-5,7H,3H2,1-2H3. The van der Waals surface area contributed by atoms with Gasteiger partial charge >= 0.3 is 0 Å². The predicted octanol–water partition coefficient (Wildman–Crippen LogP) is 3.66. The first-order valence-electron chi connectivity index (χ1n) is 4.27. The average molecular weight is 221 g/mol. The van der Waals surface area contributed by atoms with Crippen LogP contribution in [-0.4, -0.2) is 7.11 Å². The number of ether oxygens (including phenoxy) is 1. The van der Waals surface area contributed by atoms with Crippen LogP contribution in [0, 0.1) is 11.6 Å². The van der Waals surface area contributed by atoms with Gasteiger partial charge in [0.2, 0.25) is 0 Å². The van der Waals surface area contributed by atoms with Crippen LogP contribution < -0.4 is 4.74 Å². The smallest absolute Gasteiger partial charge is 0.134 e. The summed E-state index contributed by atoms with van der Waals surface area (Å²) in [5.74, 6) is -1.17. The summed E-state index contributed by atoms with van der Waals surface area (Å²) in [6.45, 7) is 1.76. The molecule has 14 heavy (non-hydrogen) atoms. The zero-order chi connectivity index (χ0) is 10.7. The number of alkyl halides is 1. The minimum Gasteiger partial charge on any atom is -0.497 e. The van der Waals surface area contributed by atoms with Gasteiger partial charge in [0.25, 0.3) is 0 Å². The van der Waals surface area contributed by atoms with Crippen LogP contribution in [0.5, 0.6) is 5.75 Å². The molecular formula is C10H11ClF2O. The van der Waals surface area contributed by atoms with Crippen molar-refractivity contribution < 1.29 is 13.5 Å². The molecule has 1 rings (SSSR count). The summed E-state index contributed by atoms with van der Waals surface area (Å²) < 4.78 is 31.4. The zero-order valence-corrected chi connectivity index (χ0v) is 8.74. The number of halogens is 3. The molecule has 0 spiro atoms. The van der Waals surface area contributed by atoms with E-state index in [1.807, 2.05) is 0 Å². The Bertz CT molecular complexity index is 305. The maximum absolute atomic E-state index is 13.3. The molecule has 1 aromatic rings. The van der Waals surface area contributed by atoms with E-state index in [0.717, 1.165) is 12.1 Å². The topological polar surface area (TPSA) is 9.23 Å². The van der Waals surface area contributed by atoms with Crippen LogP contribution in [-0.2, 0) is 0 Å². The van der Waals surface area contributed by atoms with Crippen molar-refractivity contribution in [2.45, 2.75) is 18.7 Å². The van der Waals surface area contributed by atoms with Crippen LogP contribution in [0.2, 0.25) is 0 Å². The van der Waals surface area contributed by atoms with Gasteiger partial charge in [-0.2, -0.15) is 0 Å². The van der Waals surface area contributed by atoms with Gasteiger partial charge in [-0.3, -0.25) is 0 Å². The Morgan fingerprint density at radius 2 is 1.86 bits per heavy atom.